The van der Waals surface area contributed by atoms with Crippen LogP contribution in [0.2, 0.25) is 0 Å². The average molecular weight is 719 g/mol. The molecular formula is C54H42N2. The molecule has 0 radical (unpaired) electrons. The quantitative estimate of drug-likeness (QED) is 0.180. The lowest BCUT2D eigenvalue weighted by atomic mass is 9.71. The Labute approximate surface area is 328 Å². The summed E-state index contributed by atoms with van der Waals surface area (Å²) in [4.78, 5) is 2.77. The molecule has 4 aromatic carbocycles. The maximum absolute atomic E-state index is 2.77. The first-order valence-electron chi connectivity index (χ1n) is 20.8. The lowest BCUT2D eigenvalue weighted by Gasteiger charge is -2.34. The summed E-state index contributed by atoms with van der Waals surface area (Å²) in [6, 6.07) is 34.9. The molecule has 3 aliphatic heterocycles. The van der Waals surface area contributed by atoms with Crippen LogP contribution < -0.4 is 4.90 Å². The maximum Gasteiger partial charge on any atom is 0.0705 e. The van der Waals surface area contributed by atoms with Gasteiger partial charge in [0, 0.05) is 63.5 Å². The second-order valence-electron chi connectivity index (χ2n) is 16.9. The van der Waals surface area contributed by atoms with Gasteiger partial charge in [-0.1, -0.05) is 151 Å². The van der Waals surface area contributed by atoms with Crippen LogP contribution in [0.4, 0.5) is 5.69 Å². The van der Waals surface area contributed by atoms with Crippen molar-refractivity contribution in [3.05, 3.63) is 220 Å². The average Bonchev–Trinajstić information content (AvgIpc) is 4.00. The smallest absolute Gasteiger partial charge is 0.0705 e. The van der Waals surface area contributed by atoms with Crippen molar-refractivity contribution in [3.63, 3.8) is 0 Å². The number of rotatable bonds is 4. The molecule has 5 atom stereocenters. The lowest BCUT2D eigenvalue weighted by Crippen LogP contribution is -2.33. The molecule has 1 aromatic heterocycles. The third-order valence-corrected chi connectivity index (χ3v) is 14.3. The number of hydrogen-bond acceptors (Lipinski definition) is 1. The minimum atomic E-state index is 0.284. The third kappa shape index (κ3) is 4.12. The molecule has 0 spiro atoms. The zero-order valence-electron chi connectivity index (χ0n) is 31.4. The molecular weight excluding hydrogens is 677 g/mol. The van der Waals surface area contributed by atoms with E-state index in [1.54, 1.807) is 5.57 Å². The van der Waals surface area contributed by atoms with Crippen LogP contribution in [0.5, 0.6) is 0 Å². The van der Waals surface area contributed by atoms with Crippen LogP contribution in [0.25, 0.3) is 33.1 Å². The molecule has 268 valence electrons. The fourth-order valence-electron chi connectivity index (χ4n) is 12.0. The van der Waals surface area contributed by atoms with Crippen molar-refractivity contribution in [3.8, 4) is 0 Å². The molecule has 2 nitrogen and oxygen atoms in total. The van der Waals surface area contributed by atoms with Crippen molar-refractivity contribution in [1.82, 2.24) is 4.57 Å². The van der Waals surface area contributed by atoms with E-state index in [2.05, 4.69) is 173 Å². The topological polar surface area (TPSA) is 8.17 Å². The van der Waals surface area contributed by atoms with E-state index in [-0.39, 0.29) is 6.04 Å². The summed E-state index contributed by atoms with van der Waals surface area (Å²) in [5, 5.41) is 2.81. The number of hydrogen-bond donors (Lipinski definition) is 0. The van der Waals surface area contributed by atoms with Gasteiger partial charge >= 0.3 is 0 Å². The number of aromatic nitrogens is 1. The number of nitrogens with zero attached hydrogens (tertiary/aromatic N) is 2. The van der Waals surface area contributed by atoms with Gasteiger partial charge in [0.1, 0.15) is 0 Å². The fraction of sp³-hybridized carbons (Fsp3) is 0.185. The van der Waals surface area contributed by atoms with Gasteiger partial charge in [0.15, 0.2) is 0 Å². The summed E-state index contributed by atoms with van der Waals surface area (Å²) < 4.78 is 2.66. The Kier molecular flexibility index (Phi) is 6.50. The van der Waals surface area contributed by atoms with Gasteiger partial charge in [-0.05, 0) is 88.4 Å². The van der Waals surface area contributed by atoms with Crippen LogP contribution in [0.15, 0.2) is 197 Å². The normalized spacial score (nSPS) is 26.4. The Balaban J connectivity index is 0.978. The number of anilines is 1. The molecule has 0 bridgehead atoms. The summed E-state index contributed by atoms with van der Waals surface area (Å²) >= 11 is 0. The highest BCUT2D eigenvalue weighted by Crippen LogP contribution is 2.63. The number of para-hydroxylation sites is 2. The number of fused-ring (bicyclic) bond motifs is 11. The van der Waals surface area contributed by atoms with Crippen LogP contribution in [-0.4, -0.2) is 10.6 Å². The largest absolute Gasteiger partial charge is 0.336 e. The van der Waals surface area contributed by atoms with Crippen LogP contribution in [0.1, 0.15) is 72.1 Å². The van der Waals surface area contributed by atoms with Crippen molar-refractivity contribution in [1.29, 1.82) is 0 Å². The van der Waals surface area contributed by atoms with E-state index in [0.29, 0.717) is 23.7 Å². The molecule has 0 N–H and O–H groups in total. The van der Waals surface area contributed by atoms with Gasteiger partial charge in [0.2, 0.25) is 0 Å². The second-order valence-corrected chi connectivity index (χ2v) is 16.9. The Morgan fingerprint density at radius 1 is 0.589 bits per heavy atom. The molecule has 0 saturated carbocycles. The molecule has 4 heterocycles. The summed E-state index contributed by atoms with van der Waals surface area (Å²) in [6.07, 6.45) is 34.1. The van der Waals surface area contributed by atoms with Gasteiger partial charge in [-0.2, -0.15) is 0 Å². The summed E-state index contributed by atoms with van der Waals surface area (Å²) in [7, 11) is 0. The second kappa shape index (κ2) is 11.7. The van der Waals surface area contributed by atoms with Crippen LogP contribution >= 0.6 is 0 Å². The van der Waals surface area contributed by atoms with E-state index in [0.717, 1.165) is 32.1 Å². The zero-order chi connectivity index (χ0) is 36.5. The highest BCUT2D eigenvalue weighted by Gasteiger charge is 2.53. The molecule has 8 aliphatic rings. The summed E-state index contributed by atoms with van der Waals surface area (Å²) in [5.74, 6) is 1.41. The minimum Gasteiger partial charge on any atom is -0.336 e. The van der Waals surface area contributed by atoms with Gasteiger partial charge in [-0.15, -0.1) is 0 Å². The Morgan fingerprint density at radius 2 is 1.38 bits per heavy atom. The zero-order valence-corrected chi connectivity index (χ0v) is 31.4. The van der Waals surface area contributed by atoms with Gasteiger partial charge < -0.3 is 9.47 Å². The lowest BCUT2D eigenvalue weighted by molar-refractivity contribution is 0.664. The standard InChI is InChI=1S/C54H42N2/c1-3-15-33(16-4-1)35-19-7-9-21-37(35)39-27-29-41-45-31-50-46(32-49(45)55-47-25-13-11-23-43(47)51(39)53(41)55)42-30-28-40(52-44-24-12-14-26-48(44)56(50)54(42)52)38-22-10-8-20-36(38)34-17-5-2-6-18-34/h1-5,7-17,21-31,35-36,46,51,53H,6,18-20,32H2/t35-,36+,46?,51?,53?/m1/s1. The van der Waals surface area contributed by atoms with Crippen LogP contribution in [0.3, 0.4) is 0 Å². The Bertz CT molecular complexity index is 2910. The van der Waals surface area contributed by atoms with Crippen LogP contribution in [0, 0.1) is 5.92 Å². The van der Waals surface area contributed by atoms with E-state index < -0.39 is 0 Å². The van der Waals surface area contributed by atoms with Crippen molar-refractivity contribution in [2.75, 3.05) is 4.90 Å². The molecule has 0 fully saturated rings. The van der Waals surface area contributed by atoms with Crippen molar-refractivity contribution < 1.29 is 0 Å². The van der Waals surface area contributed by atoms with Crippen molar-refractivity contribution in [2.45, 2.75) is 55.9 Å². The third-order valence-electron chi connectivity index (χ3n) is 14.3. The van der Waals surface area contributed by atoms with E-state index >= 15 is 0 Å². The molecule has 13 rings (SSSR count). The van der Waals surface area contributed by atoms with Gasteiger partial charge in [0.25, 0.3) is 0 Å². The van der Waals surface area contributed by atoms with E-state index in [9.17, 15) is 0 Å². The predicted molar refractivity (Wildman–Crippen MR) is 232 cm³/mol. The Hall–Kier alpha value is -6.12. The monoisotopic (exact) mass is 718 g/mol. The molecule has 56 heavy (non-hydrogen) atoms. The fourth-order valence-corrected chi connectivity index (χ4v) is 12.0. The van der Waals surface area contributed by atoms with Gasteiger partial charge in [-0.3, -0.25) is 0 Å². The summed E-state index contributed by atoms with van der Waals surface area (Å²) in [5.41, 5.74) is 21.8. The number of allylic oxidation sites excluding steroid dienone is 17. The Morgan fingerprint density at radius 3 is 2.27 bits per heavy atom. The predicted octanol–water partition coefficient (Wildman–Crippen LogP) is 13.1. The molecule has 3 unspecified atom stereocenters. The number of benzene rings is 4. The molecule has 0 saturated heterocycles. The molecule has 0 amide bonds. The SMILES string of the molecule is C1=CCCC([C@@H]2CC=CC=C2c2ccc3c4c2c2ccccc2n4C2=CC4=C(CC23)N2c3ccccc3C3C(C5=CC=CC[C@@H]5c5ccccc5)=CC=C4C32)=C1. The highest BCUT2D eigenvalue weighted by molar-refractivity contribution is 6.18. The molecule has 2 heteroatoms. The van der Waals surface area contributed by atoms with Crippen molar-refractivity contribution in [2.24, 2.45) is 5.92 Å². The van der Waals surface area contributed by atoms with E-state index in [1.807, 2.05) is 0 Å². The van der Waals surface area contributed by atoms with E-state index in [1.165, 1.54) is 89.0 Å². The van der Waals surface area contributed by atoms with Gasteiger partial charge in [0.05, 0.1) is 17.1 Å². The minimum absolute atomic E-state index is 0.284. The molecule has 5 aliphatic carbocycles. The first-order valence-corrected chi connectivity index (χ1v) is 20.8. The van der Waals surface area contributed by atoms with E-state index in [4.69, 9.17) is 0 Å². The first kappa shape index (κ1) is 31.1. The van der Waals surface area contributed by atoms with Gasteiger partial charge in [-0.25, -0.2) is 0 Å². The van der Waals surface area contributed by atoms with Crippen LogP contribution in [-0.2, 0) is 0 Å². The highest BCUT2D eigenvalue weighted by atomic mass is 15.2. The van der Waals surface area contributed by atoms with Crippen molar-refractivity contribution >= 4 is 38.8 Å². The maximum atomic E-state index is 2.77. The molecule has 5 aromatic rings. The summed E-state index contributed by atoms with van der Waals surface area (Å²) in [6.45, 7) is 0. The first-order chi connectivity index (χ1) is 27.8.